The van der Waals surface area contributed by atoms with E-state index in [2.05, 4.69) is 86.8 Å². The van der Waals surface area contributed by atoms with Crippen LogP contribution in [-0.2, 0) is 31.7 Å². The predicted octanol–water partition coefficient (Wildman–Crippen LogP) is 9.15. The number of benzene rings is 4. The van der Waals surface area contributed by atoms with E-state index in [9.17, 15) is 9.59 Å². The van der Waals surface area contributed by atoms with Crippen molar-refractivity contribution in [3.63, 3.8) is 0 Å². The summed E-state index contributed by atoms with van der Waals surface area (Å²) < 4.78 is 18.2. The van der Waals surface area contributed by atoms with Crippen LogP contribution in [0.4, 0.5) is 16.2 Å². The number of rotatable bonds is 11. The summed E-state index contributed by atoms with van der Waals surface area (Å²) in [4.78, 5) is 28.6. The van der Waals surface area contributed by atoms with E-state index in [-0.39, 0.29) is 17.0 Å². The van der Waals surface area contributed by atoms with Crippen LogP contribution in [0.25, 0.3) is 21.9 Å². The molecule has 2 N–H and O–H groups in total. The molecular formula is C42H51N3O5Si. The van der Waals surface area contributed by atoms with E-state index in [0.717, 1.165) is 51.6 Å². The number of nitrogens with one attached hydrogen (secondary N) is 2. The van der Waals surface area contributed by atoms with Crippen LogP contribution >= 0.6 is 0 Å². The van der Waals surface area contributed by atoms with E-state index in [4.69, 9.17) is 13.9 Å². The lowest BCUT2D eigenvalue weighted by atomic mass is 9.99. The Hall–Kier alpha value is -4.02. The predicted molar refractivity (Wildman–Crippen MR) is 207 cm³/mol. The van der Waals surface area contributed by atoms with Gasteiger partial charge in [-0.3, -0.25) is 15.0 Å². The summed E-state index contributed by atoms with van der Waals surface area (Å²) in [5, 5.41) is 8.51. The van der Waals surface area contributed by atoms with E-state index < -0.39 is 14.4 Å². The minimum absolute atomic E-state index is 0.0216. The molecule has 0 aliphatic carbocycles. The molecule has 3 aliphatic rings. The Morgan fingerprint density at radius 1 is 0.863 bits per heavy atom. The third-order valence-corrected chi connectivity index (χ3v) is 16.0. The van der Waals surface area contributed by atoms with Crippen molar-refractivity contribution >= 4 is 42.5 Å². The van der Waals surface area contributed by atoms with Crippen LogP contribution in [-0.4, -0.2) is 62.7 Å². The number of piperidine rings is 1. The van der Waals surface area contributed by atoms with Crippen molar-refractivity contribution in [2.45, 2.75) is 108 Å². The highest BCUT2D eigenvalue weighted by molar-refractivity contribution is 6.74. The van der Waals surface area contributed by atoms with Gasteiger partial charge in [0.1, 0.15) is 18.3 Å². The Kier molecular flexibility index (Phi) is 9.84. The van der Waals surface area contributed by atoms with Crippen molar-refractivity contribution in [3.05, 3.63) is 96.1 Å². The molecule has 4 atom stereocenters. The first-order chi connectivity index (χ1) is 24.3. The van der Waals surface area contributed by atoms with Crippen LogP contribution in [0, 0.1) is 0 Å². The first-order valence-corrected chi connectivity index (χ1v) is 21.3. The number of nitrogens with zero attached hydrogens (tertiary/aromatic N) is 1. The minimum Gasteiger partial charge on any atom is -0.446 e. The third kappa shape index (κ3) is 7.92. The summed E-state index contributed by atoms with van der Waals surface area (Å²) in [5.74, 6) is -0.0216. The number of ether oxygens (including phenoxy) is 2. The lowest BCUT2D eigenvalue weighted by Crippen LogP contribution is -2.48. The molecule has 0 spiro atoms. The SMILES string of the molecule is CN1C2CC(OC(=O)Nc3cc(CCCC(=O)Nc4ccc5cc(CO[Si](C)(C)C(C)(C)C)ccc5c4)ccc3-c3ccccc3)CC1C1OC12. The van der Waals surface area contributed by atoms with Gasteiger partial charge in [-0.05, 0) is 89.7 Å². The van der Waals surface area contributed by atoms with Gasteiger partial charge in [-0.25, -0.2) is 4.79 Å². The second-order valence-electron chi connectivity index (χ2n) is 16.1. The van der Waals surface area contributed by atoms with Crippen LogP contribution < -0.4 is 10.6 Å². The van der Waals surface area contributed by atoms with Crippen molar-refractivity contribution < 1.29 is 23.5 Å². The molecular weight excluding hydrogens is 655 g/mol. The molecule has 3 saturated heterocycles. The van der Waals surface area contributed by atoms with E-state index >= 15 is 0 Å². The fourth-order valence-electron chi connectivity index (χ4n) is 7.43. The van der Waals surface area contributed by atoms with Crippen molar-refractivity contribution in [1.29, 1.82) is 0 Å². The molecule has 0 aromatic heterocycles. The summed E-state index contributed by atoms with van der Waals surface area (Å²) in [6, 6.07) is 29.2. The average Bonchev–Trinajstić information content (AvgIpc) is 3.86. The monoisotopic (exact) mass is 705 g/mol. The van der Waals surface area contributed by atoms with Crippen LogP contribution in [0.1, 0.15) is 57.6 Å². The number of amides is 2. The summed E-state index contributed by atoms with van der Waals surface area (Å²) in [7, 11) is 0.319. The zero-order chi connectivity index (χ0) is 35.9. The molecule has 4 aromatic carbocycles. The van der Waals surface area contributed by atoms with Crippen LogP contribution in [0.5, 0.6) is 0 Å². The Morgan fingerprint density at radius 3 is 2.27 bits per heavy atom. The fourth-order valence-corrected chi connectivity index (χ4v) is 8.39. The van der Waals surface area contributed by atoms with Crippen LogP contribution in [0.15, 0.2) is 84.9 Å². The molecule has 9 heteroatoms. The molecule has 0 saturated carbocycles. The number of carbonyl (C=O) groups is 2. The summed E-state index contributed by atoms with van der Waals surface area (Å²) >= 11 is 0. The van der Waals surface area contributed by atoms with Gasteiger partial charge in [0.25, 0.3) is 0 Å². The summed E-state index contributed by atoms with van der Waals surface area (Å²) in [6.07, 6.45) is 3.38. The topological polar surface area (TPSA) is 92.4 Å². The smallest absolute Gasteiger partial charge is 0.411 e. The third-order valence-electron chi connectivity index (χ3n) is 11.5. The lowest BCUT2D eigenvalue weighted by Gasteiger charge is -2.37. The standard InChI is InChI=1S/C42H51N3O5Si/c1-42(2,3)51(5,6)48-26-28-15-17-31-23-32(19-18-30(31)21-28)43-38(46)14-10-11-27-16-20-34(29-12-8-7-9-13-29)35(22-27)44-41(47)49-33-24-36-39-40(50-39)37(25-33)45(36)4/h7-9,12-13,15-23,33,36-37,39-40H,10-11,14,24-26H2,1-6H3,(H,43,46)(H,44,47). The maximum Gasteiger partial charge on any atom is 0.411 e. The van der Waals surface area contributed by atoms with Crippen molar-refractivity contribution in [2.75, 3.05) is 17.7 Å². The van der Waals surface area contributed by atoms with Gasteiger partial charge in [0.05, 0.1) is 12.3 Å². The number of morpholine rings is 1. The Labute approximate surface area is 303 Å². The summed E-state index contributed by atoms with van der Waals surface area (Å²) in [6.45, 7) is 11.9. The molecule has 0 radical (unpaired) electrons. The molecule has 4 aromatic rings. The highest BCUT2D eigenvalue weighted by Crippen LogP contribution is 2.48. The van der Waals surface area contributed by atoms with Gasteiger partial charge >= 0.3 is 6.09 Å². The molecule has 3 aliphatic heterocycles. The molecule has 2 amide bonds. The Balaban J connectivity index is 0.939. The number of aryl methyl sites for hydroxylation is 1. The number of fused-ring (bicyclic) bond motifs is 6. The first kappa shape index (κ1) is 35.4. The zero-order valence-electron chi connectivity index (χ0n) is 30.7. The normalized spacial score (nSPS) is 22.7. The van der Waals surface area contributed by atoms with Gasteiger partial charge in [0.2, 0.25) is 5.91 Å². The quantitative estimate of drug-likeness (QED) is 0.120. The molecule has 51 heavy (non-hydrogen) atoms. The minimum atomic E-state index is -1.83. The Morgan fingerprint density at radius 2 is 1.55 bits per heavy atom. The second kappa shape index (κ2) is 14.2. The number of hydrogen-bond donors (Lipinski definition) is 2. The largest absolute Gasteiger partial charge is 0.446 e. The van der Waals surface area contributed by atoms with E-state index in [0.29, 0.717) is 55.8 Å². The highest BCUT2D eigenvalue weighted by atomic mass is 28.4. The summed E-state index contributed by atoms with van der Waals surface area (Å²) in [5.41, 5.74) is 5.65. The first-order valence-electron chi connectivity index (χ1n) is 18.3. The molecule has 4 unspecified atom stereocenters. The zero-order valence-corrected chi connectivity index (χ0v) is 31.7. The van der Waals surface area contributed by atoms with E-state index in [1.807, 2.05) is 54.6 Å². The number of epoxide rings is 1. The van der Waals surface area contributed by atoms with Crippen molar-refractivity contribution in [2.24, 2.45) is 0 Å². The molecule has 3 heterocycles. The van der Waals surface area contributed by atoms with Gasteiger partial charge in [-0.1, -0.05) is 81.4 Å². The van der Waals surface area contributed by atoms with E-state index in [1.54, 1.807) is 0 Å². The van der Waals surface area contributed by atoms with Crippen molar-refractivity contribution in [3.8, 4) is 11.1 Å². The molecule has 268 valence electrons. The van der Waals surface area contributed by atoms with E-state index in [1.165, 1.54) is 0 Å². The number of hydrogen-bond acceptors (Lipinski definition) is 6. The fraction of sp³-hybridized carbons (Fsp3) is 0.429. The van der Waals surface area contributed by atoms with Gasteiger partial charge in [-0.15, -0.1) is 0 Å². The lowest BCUT2D eigenvalue weighted by molar-refractivity contribution is -0.116. The Bertz CT molecular complexity index is 1890. The van der Waals surface area contributed by atoms with Gasteiger partial charge in [0.15, 0.2) is 8.32 Å². The second-order valence-corrected chi connectivity index (χ2v) is 20.9. The van der Waals surface area contributed by atoms with Gasteiger partial charge in [-0.2, -0.15) is 0 Å². The maximum atomic E-state index is 13.2. The molecule has 7 rings (SSSR count). The number of likely N-dealkylation sites (N-methyl/N-ethyl adjacent to an activating group) is 1. The highest BCUT2D eigenvalue weighted by Gasteiger charge is 2.62. The number of anilines is 2. The molecule has 3 fully saturated rings. The van der Waals surface area contributed by atoms with Crippen molar-refractivity contribution in [1.82, 2.24) is 4.90 Å². The molecule has 2 bridgehead atoms. The molecule has 8 nitrogen and oxygen atoms in total. The van der Waals surface area contributed by atoms with Crippen LogP contribution in [0.2, 0.25) is 18.1 Å². The average molecular weight is 706 g/mol. The van der Waals surface area contributed by atoms with Gasteiger partial charge in [0, 0.05) is 42.6 Å². The van der Waals surface area contributed by atoms with Gasteiger partial charge < -0.3 is 19.2 Å². The maximum absolute atomic E-state index is 13.2. The van der Waals surface area contributed by atoms with Crippen LogP contribution in [0.3, 0.4) is 0 Å². The number of carbonyl (C=O) groups excluding carboxylic acids is 2.